The Morgan fingerprint density at radius 1 is 1.05 bits per heavy atom. The van der Waals surface area contributed by atoms with E-state index in [9.17, 15) is 0 Å². The molecule has 0 bridgehead atoms. The second-order valence-electron chi connectivity index (χ2n) is 5.62. The molecule has 0 aliphatic carbocycles. The average Bonchev–Trinajstić information content (AvgIpc) is 2.80. The minimum atomic E-state index is 0.104. The molecule has 1 aliphatic rings. The van der Waals surface area contributed by atoms with Crippen LogP contribution in [-0.4, -0.2) is 24.0 Å². The van der Waals surface area contributed by atoms with E-state index >= 15 is 0 Å². The zero-order valence-corrected chi connectivity index (χ0v) is 13.2. The topological polar surface area (TPSA) is 29.3 Å². The second-order valence-corrected chi connectivity index (χ2v) is 6.46. The lowest BCUT2D eigenvalue weighted by atomic mass is 9.95. The number of hydrogen-bond acceptors (Lipinski definition) is 2. The summed E-state index contributed by atoms with van der Waals surface area (Å²) in [6.45, 7) is 2.74. The Morgan fingerprint density at radius 2 is 1.81 bits per heavy atom. The van der Waals surface area contributed by atoms with Gasteiger partial charge in [0, 0.05) is 41.6 Å². The molecule has 2 N–H and O–H groups in total. The average molecular weight is 321 g/mol. The van der Waals surface area contributed by atoms with Crippen LogP contribution in [0.3, 0.4) is 0 Å². The quantitative estimate of drug-likeness (QED) is 0.928. The fourth-order valence-corrected chi connectivity index (χ4v) is 3.56. The van der Waals surface area contributed by atoms with E-state index in [2.05, 4.69) is 29.2 Å². The van der Waals surface area contributed by atoms with Crippen LogP contribution in [0.25, 0.3) is 0 Å². The monoisotopic (exact) mass is 320 g/mol. The van der Waals surface area contributed by atoms with Gasteiger partial charge in [0.2, 0.25) is 0 Å². The Hall–Kier alpha value is -1.06. The lowest BCUT2D eigenvalue weighted by Gasteiger charge is -2.17. The van der Waals surface area contributed by atoms with E-state index in [1.807, 2.05) is 18.2 Å². The number of rotatable bonds is 3. The third kappa shape index (κ3) is 3.41. The smallest absolute Gasteiger partial charge is 0.0456 e. The van der Waals surface area contributed by atoms with Crippen molar-refractivity contribution in [1.29, 1.82) is 0 Å². The number of halogens is 2. The molecule has 1 fully saturated rings. The molecule has 1 heterocycles. The van der Waals surface area contributed by atoms with Crippen LogP contribution in [0.4, 0.5) is 0 Å². The second kappa shape index (κ2) is 6.37. The third-order valence-electron chi connectivity index (χ3n) is 4.05. The molecular formula is C17H18Cl2N2. The van der Waals surface area contributed by atoms with E-state index in [1.54, 1.807) is 6.07 Å². The van der Waals surface area contributed by atoms with Gasteiger partial charge in [0.05, 0.1) is 0 Å². The molecule has 0 spiro atoms. The fourth-order valence-electron chi connectivity index (χ4n) is 3.02. The van der Waals surface area contributed by atoms with Crippen molar-refractivity contribution in [3.63, 3.8) is 0 Å². The van der Waals surface area contributed by atoms with E-state index in [-0.39, 0.29) is 12.0 Å². The van der Waals surface area contributed by atoms with Crippen molar-refractivity contribution < 1.29 is 0 Å². The number of nitrogens with zero attached hydrogens (tertiary/aromatic N) is 1. The first-order chi connectivity index (χ1) is 10.1. The van der Waals surface area contributed by atoms with Gasteiger partial charge in [-0.15, -0.1) is 0 Å². The van der Waals surface area contributed by atoms with Gasteiger partial charge in [0.15, 0.2) is 0 Å². The first-order valence-electron chi connectivity index (χ1n) is 7.10. The zero-order valence-electron chi connectivity index (χ0n) is 11.7. The summed E-state index contributed by atoms with van der Waals surface area (Å²) in [5.41, 5.74) is 8.74. The van der Waals surface area contributed by atoms with E-state index in [0.29, 0.717) is 10.0 Å². The van der Waals surface area contributed by atoms with Gasteiger partial charge in [-0.2, -0.15) is 0 Å². The van der Waals surface area contributed by atoms with Crippen molar-refractivity contribution in [3.8, 4) is 0 Å². The predicted molar refractivity (Wildman–Crippen MR) is 88.9 cm³/mol. The van der Waals surface area contributed by atoms with Gasteiger partial charge in [-0.25, -0.2) is 0 Å². The maximum absolute atomic E-state index is 6.33. The van der Waals surface area contributed by atoms with Crippen molar-refractivity contribution in [2.24, 2.45) is 5.73 Å². The Balaban J connectivity index is 1.74. The van der Waals surface area contributed by atoms with Crippen LogP contribution in [0.2, 0.25) is 10.0 Å². The molecule has 1 aliphatic heterocycles. The molecule has 3 rings (SSSR count). The minimum absolute atomic E-state index is 0.104. The van der Waals surface area contributed by atoms with Crippen molar-refractivity contribution >= 4 is 23.2 Å². The summed E-state index contributed by atoms with van der Waals surface area (Å²) >= 11 is 12.3. The van der Waals surface area contributed by atoms with Gasteiger partial charge >= 0.3 is 0 Å². The van der Waals surface area contributed by atoms with E-state index < -0.39 is 0 Å². The Labute approximate surface area is 135 Å². The van der Waals surface area contributed by atoms with Crippen molar-refractivity contribution in [2.45, 2.75) is 18.5 Å². The molecular weight excluding hydrogens is 303 g/mol. The molecule has 110 valence electrons. The third-order valence-corrected chi connectivity index (χ3v) is 4.61. The van der Waals surface area contributed by atoms with Gasteiger partial charge < -0.3 is 5.73 Å². The van der Waals surface area contributed by atoms with Gasteiger partial charge in [0.1, 0.15) is 0 Å². The van der Waals surface area contributed by atoms with Crippen molar-refractivity contribution in [2.75, 3.05) is 13.1 Å². The summed E-state index contributed by atoms with van der Waals surface area (Å²) in [7, 11) is 0. The lowest BCUT2D eigenvalue weighted by Crippen LogP contribution is -2.28. The fraction of sp³-hybridized carbons (Fsp3) is 0.294. The number of hydrogen-bond donors (Lipinski definition) is 1. The highest BCUT2D eigenvalue weighted by Crippen LogP contribution is 2.33. The van der Waals surface area contributed by atoms with Gasteiger partial charge in [-0.1, -0.05) is 59.6 Å². The minimum Gasteiger partial charge on any atom is -0.326 e. The molecule has 21 heavy (non-hydrogen) atoms. The Kier molecular flexibility index (Phi) is 4.51. The van der Waals surface area contributed by atoms with E-state index in [1.165, 1.54) is 5.56 Å². The molecule has 2 aromatic carbocycles. The number of likely N-dealkylation sites (tertiary alicyclic amines) is 1. The lowest BCUT2D eigenvalue weighted by molar-refractivity contribution is 0.324. The van der Waals surface area contributed by atoms with Crippen LogP contribution in [0, 0.1) is 0 Å². The summed E-state index contributed by atoms with van der Waals surface area (Å²) in [6, 6.07) is 16.3. The Morgan fingerprint density at radius 3 is 2.52 bits per heavy atom. The molecule has 0 amide bonds. The molecule has 0 radical (unpaired) electrons. The van der Waals surface area contributed by atoms with Gasteiger partial charge in [0.25, 0.3) is 0 Å². The standard InChI is InChI=1S/C17H18Cl2N2/c18-13-6-7-14(16(19)8-13)15-10-21(11-17(15)20)9-12-4-2-1-3-5-12/h1-8,15,17H,9-11,20H2. The normalized spacial score (nSPS) is 22.6. The van der Waals surface area contributed by atoms with Crippen LogP contribution in [0.15, 0.2) is 48.5 Å². The maximum atomic E-state index is 6.33. The molecule has 2 aromatic rings. The Bertz CT molecular complexity index is 615. The maximum Gasteiger partial charge on any atom is 0.0456 e. The first kappa shape index (κ1) is 14.9. The van der Waals surface area contributed by atoms with Gasteiger partial charge in [-0.3, -0.25) is 4.90 Å². The van der Waals surface area contributed by atoms with Crippen molar-refractivity contribution in [1.82, 2.24) is 4.90 Å². The van der Waals surface area contributed by atoms with E-state index in [4.69, 9.17) is 28.9 Å². The summed E-state index contributed by atoms with van der Waals surface area (Å²) in [6.07, 6.45) is 0. The largest absolute Gasteiger partial charge is 0.326 e. The summed E-state index contributed by atoms with van der Waals surface area (Å²) in [5.74, 6) is 0.262. The highest BCUT2D eigenvalue weighted by molar-refractivity contribution is 6.35. The summed E-state index contributed by atoms with van der Waals surface area (Å²) in [5, 5.41) is 1.38. The SMILES string of the molecule is NC1CN(Cc2ccccc2)CC1c1ccc(Cl)cc1Cl. The molecule has 0 saturated carbocycles. The molecule has 2 unspecified atom stereocenters. The first-order valence-corrected chi connectivity index (χ1v) is 7.86. The van der Waals surface area contributed by atoms with Crippen LogP contribution in [0.5, 0.6) is 0 Å². The summed E-state index contributed by atoms with van der Waals surface area (Å²) < 4.78 is 0. The molecule has 1 saturated heterocycles. The van der Waals surface area contributed by atoms with Crippen molar-refractivity contribution in [3.05, 3.63) is 69.7 Å². The highest BCUT2D eigenvalue weighted by atomic mass is 35.5. The highest BCUT2D eigenvalue weighted by Gasteiger charge is 2.32. The van der Waals surface area contributed by atoms with Crippen LogP contribution in [0.1, 0.15) is 17.0 Å². The number of nitrogens with two attached hydrogens (primary N) is 1. The summed E-state index contributed by atoms with van der Waals surface area (Å²) in [4.78, 5) is 2.38. The predicted octanol–water partition coefficient (Wildman–Crippen LogP) is 3.92. The molecule has 0 aromatic heterocycles. The molecule has 2 atom stereocenters. The molecule has 4 heteroatoms. The van der Waals surface area contributed by atoms with E-state index in [0.717, 1.165) is 25.2 Å². The van der Waals surface area contributed by atoms with Crippen LogP contribution < -0.4 is 5.73 Å². The van der Waals surface area contributed by atoms with Crippen LogP contribution in [-0.2, 0) is 6.54 Å². The molecule has 2 nitrogen and oxygen atoms in total. The number of benzene rings is 2. The zero-order chi connectivity index (χ0) is 14.8. The van der Waals surface area contributed by atoms with Crippen LogP contribution >= 0.6 is 23.2 Å². The van der Waals surface area contributed by atoms with Gasteiger partial charge in [-0.05, 0) is 23.3 Å².